The summed E-state index contributed by atoms with van der Waals surface area (Å²) in [6.07, 6.45) is 0. The minimum absolute atomic E-state index is 0.104. The Bertz CT molecular complexity index is 668. The largest absolute Gasteiger partial charge is 0.490 e. The number of hydrogen-bond donors (Lipinski definition) is 0. The van der Waals surface area contributed by atoms with Crippen LogP contribution in [0.2, 0.25) is 10.4 Å². The summed E-state index contributed by atoms with van der Waals surface area (Å²) in [6, 6.07) is 4.01. The van der Waals surface area contributed by atoms with Crippen molar-refractivity contribution in [3.05, 3.63) is 38.8 Å². The topological polar surface area (TPSA) is 100 Å². The first kappa shape index (κ1) is 14.2. The van der Waals surface area contributed by atoms with Gasteiger partial charge in [0.05, 0.1) is 18.1 Å². The first-order valence-corrected chi connectivity index (χ1v) is 5.83. The quantitative estimate of drug-likeness (QED) is 0.631. The first-order valence-electron chi connectivity index (χ1n) is 5.07. The van der Waals surface area contributed by atoms with Crippen LogP contribution in [0, 0.1) is 10.1 Å². The number of halogens is 2. The van der Waals surface area contributed by atoms with E-state index in [0.29, 0.717) is 0 Å². The third kappa shape index (κ3) is 3.03. The van der Waals surface area contributed by atoms with Gasteiger partial charge in [-0.1, -0.05) is 11.6 Å². The number of nitrogens with zero attached hydrogens (tertiary/aromatic N) is 4. The van der Waals surface area contributed by atoms with E-state index in [-0.39, 0.29) is 33.5 Å². The van der Waals surface area contributed by atoms with Crippen LogP contribution >= 0.6 is 23.2 Å². The van der Waals surface area contributed by atoms with Gasteiger partial charge in [-0.25, -0.2) is 0 Å². The lowest BCUT2D eigenvalue weighted by Crippen LogP contribution is -1.97. The van der Waals surface area contributed by atoms with E-state index >= 15 is 0 Å². The maximum Gasteiger partial charge on any atom is 0.314 e. The summed E-state index contributed by atoms with van der Waals surface area (Å²) in [4.78, 5) is 14.0. The molecule has 0 aliphatic rings. The molecule has 8 nitrogen and oxygen atoms in total. The summed E-state index contributed by atoms with van der Waals surface area (Å²) >= 11 is 11.3. The highest BCUT2D eigenvalue weighted by atomic mass is 35.5. The molecule has 0 bridgehead atoms. The average molecular weight is 317 g/mol. The maximum absolute atomic E-state index is 10.9. The van der Waals surface area contributed by atoms with E-state index in [0.717, 1.165) is 0 Å². The normalized spacial score (nSPS) is 10.2. The third-order valence-corrected chi connectivity index (χ3v) is 2.55. The lowest BCUT2D eigenvalue weighted by Gasteiger charge is -2.07. The van der Waals surface area contributed by atoms with Crippen molar-refractivity contribution in [3.8, 4) is 17.4 Å². The molecule has 0 spiro atoms. The number of aromatic nitrogens is 3. The van der Waals surface area contributed by atoms with Crippen molar-refractivity contribution in [2.75, 3.05) is 7.11 Å². The average Bonchev–Trinajstić information content (AvgIpc) is 2.42. The number of ether oxygens (including phenoxy) is 2. The van der Waals surface area contributed by atoms with Crippen molar-refractivity contribution in [1.29, 1.82) is 0 Å². The van der Waals surface area contributed by atoms with E-state index in [1.807, 2.05) is 0 Å². The predicted molar refractivity (Wildman–Crippen MR) is 69.6 cm³/mol. The molecule has 0 aliphatic carbocycles. The Kier molecular flexibility index (Phi) is 4.16. The van der Waals surface area contributed by atoms with Crippen LogP contribution in [0.1, 0.15) is 0 Å². The Morgan fingerprint density at radius 3 is 2.70 bits per heavy atom. The van der Waals surface area contributed by atoms with Gasteiger partial charge in [0, 0.05) is 0 Å². The summed E-state index contributed by atoms with van der Waals surface area (Å²) < 4.78 is 10.2. The van der Waals surface area contributed by atoms with Crippen LogP contribution in [-0.2, 0) is 0 Å². The number of benzene rings is 1. The molecule has 0 radical (unpaired) electrons. The van der Waals surface area contributed by atoms with E-state index < -0.39 is 4.92 Å². The van der Waals surface area contributed by atoms with Crippen molar-refractivity contribution in [2.45, 2.75) is 0 Å². The number of nitro benzene ring substituents is 1. The van der Waals surface area contributed by atoms with Crippen LogP contribution in [0.15, 0.2) is 18.2 Å². The molecule has 104 valence electrons. The van der Waals surface area contributed by atoms with Gasteiger partial charge in [-0.05, 0) is 23.7 Å². The summed E-state index contributed by atoms with van der Waals surface area (Å²) in [5, 5.41) is 17.5. The monoisotopic (exact) mass is 316 g/mol. The summed E-state index contributed by atoms with van der Waals surface area (Å²) in [6.45, 7) is 0. The Morgan fingerprint density at radius 1 is 1.30 bits per heavy atom. The molecule has 1 heterocycles. The minimum Gasteiger partial charge on any atom is -0.490 e. The molecule has 0 N–H and O–H groups in total. The smallest absolute Gasteiger partial charge is 0.314 e. The van der Waals surface area contributed by atoms with Crippen molar-refractivity contribution < 1.29 is 14.4 Å². The highest BCUT2D eigenvalue weighted by Gasteiger charge is 2.17. The molecule has 1 aromatic heterocycles. The fourth-order valence-electron chi connectivity index (χ4n) is 1.33. The highest BCUT2D eigenvalue weighted by Crippen LogP contribution is 2.33. The second kappa shape index (κ2) is 5.85. The van der Waals surface area contributed by atoms with E-state index in [1.165, 1.54) is 25.3 Å². The fourth-order valence-corrected chi connectivity index (χ4v) is 1.57. The van der Waals surface area contributed by atoms with Crippen LogP contribution < -0.4 is 9.47 Å². The summed E-state index contributed by atoms with van der Waals surface area (Å²) in [7, 11) is 1.33. The first-order chi connectivity index (χ1) is 9.51. The predicted octanol–water partition coefficient (Wildman–Crippen LogP) is 2.89. The van der Waals surface area contributed by atoms with E-state index in [1.54, 1.807) is 0 Å². The van der Waals surface area contributed by atoms with Crippen LogP contribution in [0.4, 0.5) is 5.69 Å². The third-order valence-electron chi connectivity index (χ3n) is 2.15. The van der Waals surface area contributed by atoms with Gasteiger partial charge in [-0.3, -0.25) is 10.1 Å². The second-order valence-corrected chi connectivity index (χ2v) is 4.07. The van der Waals surface area contributed by atoms with E-state index in [4.69, 9.17) is 32.7 Å². The molecule has 0 saturated carbocycles. The Balaban J connectivity index is 2.37. The Morgan fingerprint density at radius 2 is 2.05 bits per heavy atom. The molecule has 2 rings (SSSR count). The van der Waals surface area contributed by atoms with Crippen molar-refractivity contribution >= 4 is 28.9 Å². The van der Waals surface area contributed by atoms with Gasteiger partial charge in [0.15, 0.2) is 5.75 Å². The molecule has 0 fully saturated rings. The zero-order valence-electron chi connectivity index (χ0n) is 9.91. The highest BCUT2D eigenvalue weighted by molar-refractivity contribution is 6.31. The van der Waals surface area contributed by atoms with Gasteiger partial charge in [-0.15, -0.1) is 10.2 Å². The SMILES string of the molecule is COc1ccc(Oc2nc(Cl)nnc2Cl)cc1[N+](=O)[O-]. The van der Waals surface area contributed by atoms with Crippen LogP contribution in [0.5, 0.6) is 17.4 Å². The molecular weight excluding hydrogens is 311 g/mol. The second-order valence-electron chi connectivity index (χ2n) is 3.37. The fraction of sp³-hybridized carbons (Fsp3) is 0.100. The summed E-state index contributed by atoms with van der Waals surface area (Å²) in [5.41, 5.74) is -0.255. The molecule has 10 heteroatoms. The molecular formula is C10H6Cl2N4O4. The van der Waals surface area contributed by atoms with Gasteiger partial charge in [0.25, 0.3) is 5.88 Å². The maximum atomic E-state index is 10.9. The zero-order valence-corrected chi connectivity index (χ0v) is 11.4. The minimum atomic E-state index is -0.599. The number of rotatable bonds is 4. The molecule has 0 saturated heterocycles. The Labute approximate surface area is 122 Å². The van der Waals surface area contributed by atoms with Crippen molar-refractivity contribution in [3.63, 3.8) is 0 Å². The molecule has 0 unspecified atom stereocenters. The van der Waals surface area contributed by atoms with Gasteiger partial charge >= 0.3 is 5.69 Å². The van der Waals surface area contributed by atoms with Gasteiger partial charge in [-0.2, -0.15) is 4.98 Å². The number of hydrogen-bond acceptors (Lipinski definition) is 7. The Hall–Kier alpha value is -2.19. The van der Waals surface area contributed by atoms with Gasteiger partial charge in [0.1, 0.15) is 5.75 Å². The van der Waals surface area contributed by atoms with E-state index in [2.05, 4.69) is 15.2 Å². The van der Waals surface area contributed by atoms with E-state index in [9.17, 15) is 10.1 Å². The molecule has 0 atom stereocenters. The van der Waals surface area contributed by atoms with Crippen molar-refractivity contribution in [1.82, 2.24) is 15.2 Å². The molecule has 2 aromatic rings. The summed E-state index contributed by atoms with van der Waals surface area (Å²) in [5.74, 6) is 0.134. The molecule has 1 aromatic carbocycles. The standard InChI is InChI=1S/C10H6Cl2N4O4/c1-19-7-3-2-5(4-6(7)16(17)18)20-9-8(11)14-15-10(12)13-9/h2-4H,1H3. The molecule has 0 amide bonds. The zero-order chi connectivity index (χ0) is 14.7. The lowest BCUT2D eigenvalue weighted by molar-refractivity contribution is -0.385. The lowest BCUT2D eigenvalue weighted by atomic mass is 10.3. The van der Waals surface area contributed by atoms with Crippen molar-refractivity contribution in [2.24, 2.45) is 0 Å². The van der Waals surface area contributed by atoms with Crippen LogP contribution in [0.25, 0.3) is 0 Å². The van der Waals surface area contributed by atoms with Gasteiger partial charge in [0.2, 0.25) is 10.4 Å². The number of nitro groups is 1. The van der Waals surface area contributed by atoms with Gasteiger partial charge < -0.3 is 9.47 Å². The van der Waals surface area contributed by atoms with Crippen LogP contribution in [-0.4, -0.2) is 27.2 Å². The number of methoxy groups -OCH3 is 1. The molecule has 20 heavy (non-hydrogen) atoms. The molecule has 0 aliphatic heterocycles. The van der Waals surface area contributed by atoms with Crippen LogP contribution in [0.3, 0.4) is 0 Å².